The van der Waals surface area contributed by atoms with E-state index in [1.807, 2.05) is 0 Å². The lowest BCUT2D eigenvalue weighted by Gasteiger charge is -2.58. The highest BCUT2D eigenvalue weighted by atomic mass is 16.6. The molecule has 0 radical (unpaired) electrons. The zero-order valence-corrected chi connectivity index (χ0v) is 47.1. The fourth-order valence-electron chi connectivity index (χ4n) is 18.5. The summed E-state index contributed by atoms with van der Waals surface area (Å²) in [4.78, 5) is 35.8. The van der Waals surface area contributed by atoms with E-state index >= 15 is 0 Å². The fraction of sp³-hybridized carbons (Fsp3) is 0.889. The van der Waals surface area contributed by atoms with Gasteiger partial charge in [-0.15, -0.1) is 0 Å². The maximum atomic E-state index is 12.3. The number of ether oxygens (including phenoxy) is 3. The van der Waals surface area contributed by atoms with Gasteiger partial charge in [0.2, 0.25) is 0 Å². The lowest BCUT2D eigenvalue weighted by Crippen LogP contribution is -2.51. The molecule has 7 heteroatoms. The number of nitrogens with one attached hydrogen (secondary N) is 1. The van der Waals surface area contributed by atoms with Gasteiger partial charge in [0.05, 0.1) is 20.0 Å². The van der Waals surface area contributed by atoms with Crippen molar-refractivity contribution in [2.45, 2.75) is 249 Å². The van der Waals surface area contributed by atoms with E-state index in [0.29, 0.717) is 22.8 Å². The fourth-order valence-corrected chi connectivity index (χ4v) is 18.5. The molecule has 1 unspecified atom stereocenters. The van der Waals surface area contributed by atoms with Crippen LogP contribution in [-0.2, 0) is 23.8 Å². The molecule has 0 saturated heterocycles. The van der Waals surface area contributed by atoms with Gasteiger partial charge in [0.15, 0.2) is 0 Å². The van der Waals surface area contributed by atoms with Gasteiger partial charge in [0.1, 0.15) is 12.2 Å². The normalized spacial score (nSPS) is 39.2. The molecule has 70 heavy (non-hydrogen) atoms. The number of hydrogen-bond acceptors (Lipinski definition) is 6. The second-order valence-corrected chi connectivity index (χ2v) is 27.2. The zero-order chi connectivity index (χ0) is 50.6. The van der Waals surface area contributed by atoms with Crippen molar-refractivity contribution >= 4 is 18.0 Å². The van der Waals surface area contributed by atoms with Crippen LogP contribution in [0, 0.1) is 92.7 Å². The molecule has 0 aromatic carbocycles. The average molecular weight is 973 g/mol. The average Bonchev–Trinajstić information content (AvgIpc) is 3.87. The number of amides is 1. The van der Waals surface area contributed by atoms with E-state index in [9.17, 15) is 14.4 Å². The first-order chi connectivity index (χ1) is 33.3. The Bertz CT molecular complexity index is 1830. The van der Waals surface area contributed by atoms with Gasteiger partial charge in [-0.25, -0.2) is 4.79 Å². The molecule has 0 bridgehead atoms. The molecule has 0 aromatic rings. The Morgan fingerprint density at radius 1 is 0.586 bits per heavy atom. The molecule has 0 spiro atoms. The van der Waals surface area contributed by atoms with Crippen LogP contribution in [0.15, 0.2) is 23.3 Å². The second-order valence-electron chi connectivity index (χ2n) is 27.2. The Kier molecular flexibility index (Phi) is 18.6. The maximum Gasteiger partial charge on any atom is 0.407 e. The maximum absolute atomic E-state index is 12.3. The zero-order valence-electron chi connectivity index (χ0n) is 47.1. The summed E-state index contributed by atoms with van der Waals surface area (Å²) in [5.41, 5.74) is 4.81. The van der Waals surface area contributed by atoms with Crippen molar-refractivity contribution in [1.82, 2.24) is 5.32 Å². The van der Waals surface area contributed by atoms with Gasteiger partial charge in [-0.05, 0) is 189 Å². The summed E-state index contributed by atoms with van der Waals surface area (Å²) < 4.78 is 16.3. The van der Waals surface area contributed by atoms with Crippen molar-refractivity contribution in [3.8, 4) is 0 Å². The molecule has 6 saturated carbocycles. The minimum absolute atomic E-state index is 0.0394. The standard InChI is InChI=1S/C32H52O4.C31H53NO2/c1-21(2)8-7-9-22(3)26-12-13-27-25-11-10-23-20-24(36-30(34)15-14-29(33)35-6)16-18-31(23,4)28(25)17-19-32(26,27)5;1-7-19-32-29(33)34-24-15-17-30(5)23(20-24)11-12-25-27-14-13-26(22(4)10-8-9-21(2)3)31(27,6)18-16-28(25)30/h10,21-22,24-28H,7-9,11-20H2,1-6H3;11,21-22,24-28H,7-10,12-20H2,1-6H3,(H,32,33)/t22-,24+,25+,26-,27+,28+,31+,32-;22-,24?,25+,26-,27+,28+,30+,31-/m11/s1. The van der Waals surface area contributed by atoms with E-state index < -0.39 is 0 Å². The summed E-state index contributed by atoms with van der Waals surface area (Å²) in [5, 5.41) is 2.89. The van der Waals surface area contributed by atoms with Gasteiger partial charge in [-0.1, -0.05) is 138 Å². The van der Waals surface area contributed by atoms with Gasteiger partial charge in [-0.3, -0.25) is 9.59 Å². The molecule has 0 aliphatic heterocycles. The minimum atomic E-state index is -0.354. The second kappa shape index (κ2) is 23.5. The van der Waals surface area contributed by atoms with E-state index in [4.69, 9.17) is 9.47 Å². The van der Waals surface area contributed by atoms with Crippen LogP contribution in [0.2, 0.25) is 0 Å². The van der Waals surface area contributed by atoms with E-state index in [-0.39, 0.29) is 48.5 Å². The highest BCUT2D eigenvalue weighted by Gasteiger charge is 2.61. The molecule has 7 nitrogen and oxygen atoms in total. The number of carbonyl (C=O) groups excluding carboxylic acids is 3. The van der Waals surface area contributed by atoms with Gasteiger partial charge in [0.25, 0.3) is 0 Å². The van der Waals surface area contributed by atoms with E-state index in [0.717, 1.165) is 110 Å². The molecule has 6 fully saturated rings. The number of esters is 2. The molecule has 398 valence electrons. The van der Waals surface area contributed by atoms with Crippen molar-refractivity contribution in [3.05, 3.63) is 23.3 Å². The van der Waals surface area contributed by atoms with E-state index in [2.05, 4.69) is 98.4 Å². The third-order valence-corrected chi connectivity index (χ3v) is 22.4. The van der Waals surface area contributed by atoms with Crippen LogP contribution in [0.25, 0.3) is 0 Å². The first-order valence-corrected chi connectivity index (χ1v) is 29.9. The third kappa shape index (κ3) is 11.8. The highest BCUT2D eigenvalue weighted by molar-refractivity contribution is 5.77. The number of hydrogen-bond donors (Lipinski definition) is 1. The van der Waals surface area contributed by atoms with Crippen LogP contribution in [-0.4, -0.2) is 43.9 Å². The van der Waals surface area contributed by atoms with Gasteiger partial charge >= 0.3 is 18.0 Å². The summed E-state index contributed by atoms with van der Waals surface area (Å²) in [6.45, 7) is 27.8. The lowest BCUT2D eigenvalue weighted by atomic mass is 9.47. The number of allylic oxidation sites excluding steroid dienone is 2. The van der Waals surface area contributed by atoms with Crippen molar-refractivity contribution < 1.29 is 28.6 Å². The predicted octanol–water partition coefficient (Wildman–Crippen LogP) is 16.4. The van der Waals surface area contributed by atoms with Gasteiger partial charge < -0.3 is 19.5 Å². The number of carbonyl (C=O) groups is 3. The van der Waals surface area contributed by atoms with Gasteiger partial charge in [0, 0.05) is 19.4 Å². The molecule has 0 heterocycles. The van der Waals surface area contributed by atoms with Crippen LogP contribution in [0.3, 0.4) is 0 Å². The Balaban J connectivity index is 0.000000207. The topological polar surface area (TPSA) is 90.9 Å². The summed E-state index contributed by atoms with van der Waals surface area (Å²) in [6.07, 6.45) is 34.5. The monoisotopic (exact) mass is 972 g/mol. The molecular formula is C63H105NO6. The Labute approximate surface area is 428 Å². The number of alkyl carbamates (subject to hydrolysis) is 1. The van der Waals surface area contributed by atoms with Crippen molar-refractivity contribution in [1.29, 1.82) is 0 Å². The van der Waals surface area contributed by atoms with Crippen LogP contribution in [0.4, 0.5) is 4.79 Å². The third-order valence-electron chi connectivity index (χ3n) is 22.4. The summed E-state index contributed by atoms with van der Waals surface area (Å²) in [5.74, 6) is 9.67. The predicted molar refractivity (Wildman–Crippen MR) is 286 cm³/mol. The van der Waals surface area contributed by atoms with E-state index in [1.165, 1.54) is 116 Å². The number of methoxy groups -OCH3 is 1. The van der Waals surface area contributed by atoms with E-state index in [1.54, 1.807) is 11.1 Å². The first kappa shape index (κ1) is 55.4. The molecular weight excluding hydrogens is 867 g/mol. The van der Waals surface area contributed by atoms with Crippen molar-refractivity contribution in [2.24, 2.45) is 92.7 Å². The molecule has 8 aliphatic rings. The molecule has 1 amide bonds. The van der Waals surface area contributed by atoms with Crippen LogP contribution < -0.4 is 5.32 Å². The van der Waals surface area contributed by atoms with Crippen LogP contribution >= 0.6 is 0 Å². The van der Waals surface area contributed by atoms with Crippen LogP contribution in [0.5, 0.6) is 0 Å². The molecule has 8 aliphatic carbocycles. The number of fused-ring (bicyclic) bond motifs is 10. The highest BCUT2D eigenvalue weighted by Crippen LogP contribution is 2.69. The number of rotatable bonds is 17. The quantitative estimate of drug-likeness (QED) is 0.0887. The lowest BCUT2D eigenvalue weighted by molar-refractivity contribution is -0.154. The first-order valence-electron chi connectivity index (χ1n) is 29.9. The summed E-state index contributed by atoms with van der Waals surface area (Å²) in [7, 11) is 1.35. The molecule has 16 atom stereocenters. The minimum Gasteiger partial charge on any atom is -0.469 e. The smallest absolute Gasteiger partial charge is 0.407 e. The molecule has 0 aromatic heterocycles. The largest absolute Gasteiger partial charge is 0.469 e. The van der Waals surface area contributed by atoms with Crippen molar-refractivity contribution in [3.63, 3.8) is 0 Å². The Morgan fingerprint density at radius 3 is 1.49 bits per heavy atom. The SMILES string of the molecule is CCCNC(=O)OC1CC[C@@]2(C)C(=CC[C@H]3[C@@H]4CC[C@H]([C@H](C)CCCC(C)C)[C@@]4(C)CC[C@@H]32)C1.COC(=O)CCC(=O)O[C@H]1CC[C@@]2(C)C(=CC[C@H]3[C@@H]4CC[C@H]([C@H](C)CCCC(C)C)[C@@]4(C)CC[C@@H]32)C1. The summed E-state index contributed by atoms with van der Waals surface area (Å²) in [6, 6.07) is 0. The molecule has 1 N–H and O–H groups in total. The van der Waals surface area contributed by atoms with Crippen LogP contribution in [0.1, 0.15) is 237 Å². The van der Waals surface area contributed by atoms with Gasteiger partial charge in [-0.2, -0.15) is 0 Å². The van der Waals surface area contributed by atoms with Crippen molar-refractivity contribution in [2.75, 3.05) is 13.7 Å². The Morgan fingerprint density at radius 2 is 1.04 bits per heavy atom. The summed E-state index contributed by atoms with van der Waals surface area (Å²) >= 11 is 0. The molecule has 8 rings (SSSR count). The Hall–Kier alpha value is -2.31.